The van der Waals surface area contributed by atoms with Gasteiger partial charge in [0.1, 0.15) is 5.82 Å². The van der Waals surface area contributed by atoms with Gasteiger partial charge in [-0.2, -0.15) is 0 Å². The Kier molecular flexibility index (Phi) is 2.55. The quantitative estimate of drug-likeness (QED) is 0.683. The third kappa shape index (κ3) is 1.99. The van der Waals surface area contributed by atoms with Crippen molar-refractivity contribution in [2.75, 3.05) is 5.32 Å². The molecule has 1 aromatic rings. The van der Waals surface area contributed by atoms with E-state index in [-0.39, 0.29) is 12.1 Å². The lowest BCUT2D eigenvalue weighted by atomic mass is 10.1. The number of nitrogens with one attached hydrogen (secondary N) is 1. The van der Waals surface area contributed by atoms with Crippen LogP contribution in [0, 0.1) is 13.8 Å². The molecule has 0 saturated heterocycles. The van der Waals surface area contributed by atoms with Gasteiger partial charge in [-0.25, -0.2) is 4.98 Å². The smallest absolute Gasteiger partial charge is 0.252 e. The van der Waals surface area contributed by atoms with Crippen molar-refractivity contribution in [3.05, 3.63) is 22.9 Å². The highest BCUT2D eigenvalue weighted by molar-refractivity contribution is 5.99. The zero-order valence-corrected chi connectivity index (χ0v) is 9.45. The van der Waals surface area contributed by atoms with Crippen molar-refractivity contribution in [3.8, 4) is 0 Å². The molecule has 1 saturated carbocycles. The van der Waals surface area contributed by atoms with Crippen LogP contribution in [-0.4, -0.2) is 23.0 Å². The van der Waals surface area contributed by atoms with Crippen LogP contribution in [0.5, 0.6) is 0 Å². The molecule has 1 heterocycles. The minimum Gasteiger partial charge on any atom is -0.365 e. The number of carbonyl (C=O) groups excluding carboxylic acids is 1. The molecule has 2 unspecified atom stereocenters. The highest BCUT2D eigenvalue weighted by Gasteiger charge is 2.34. The van der Waals surface area contributed by atoms with Gasteiger partial charge in [-0.3, -0.25) is 4.79 Å². The largest absolute Gasteiger partial charge is 0.365 e. The van der Waals surface area contributed by atoms with Crippen LogP contribution in [0.15, 0.2) is 6.07 Å². The highest BCUT2D eigenvalue weighted by Crippen LogP contribution is 2.26. The summed E-state index contributed by atoms with van der Waals surface area (Å²) in [4.78, 5) is 15.7. The zero-order valence-electron chi connectivity index (χ0n) is 9.45. The van der Waals surface area contributed by atoms with Crippen molar-refractivity contribution in [1.82, 2.24) is 4.98 Å². The number of rotatable bonds is 3. The lowest BCUT2D eigenvalue weighted by molar-refractivity contribution is 0.1000. The monoisotopic (exact) mass is 220 g/mol. The second kappa shape index (κ2) is 3.75. The van der Waals surface area contributed by atoms with Crippen LogP contribution in [0.1, 0.15) is 28.0 Å². The molecule has 1 amide bonds. The first-order valence-electron chi connectivity index (χ1n) is 5.29. The zero-order chi connectivity index (χ0) is 11.9. The number of primary amides is 1. The summed E-state index contributed by atoms with van der Waals surface area (Å²) in [7, 11) is 0. The Labute approximate surface area is 94.2 Å². The Bertz CT molecular complexity index is 444. The highest BCUT2D eigenvalue weighted by atomic mass is 16.1. The molecule has 2 rings (SSSR count). The molecule has 5 nitrogen and oxygen atoms in total. The minimum atomic E-state index is -0.457. The lowest BCUT2D eigenvalue weighted by Crippen LogP contribution is -2.21. The van der Waals surface area contributed by atoms with E-state index in [0.29, 0.717) is 11.4 Å². The van der Waals surface area contributed by atoms with Gasteiger partial charge in [0.15, 0.2) is 0 Å². The summed E-state index contributed by atoms with van der Waals surface area (Å²) in [6.45, 7) is 3.74. The summed E-state index contributed by atoms with van der Waals surface area (Å²) in [5.41, 5.74) is 13.2. The number of hydrogen-bond donors (Lipinski definition) is 3. The molecule has 86 valence electrons. The molecule has 0 radical (unpaired) electrons. The number of hydrogen-bond acceptors (Lipinski definition) is 4. The predicted molar refractivity (Wildman–Crippen MR) is 62.2 cm³/mol. The second-order valence-electron chi connectivity index (χ2n) is 4.32. The Morgan fingerprint density at radius 2 is 2.19 bits per heavy atom. The fourth-order valence-corrected chi connectivity index (χ4v) is 1.81. The van der Waals surface area contributed by atoms with E-state index in [1.54, 1.807) is 0 Å². The van der Waals surface area contributed by atoms with Crippen molar-refractivity contribution >= 4 is 11.7 Å². The number of aromatic nitrogens is 1. The first-order chi connectivity index (χ1) is 7.49. The molecule has 1 aliphatic carbocycles. The molecule has 1 fully saturated rings. The topological polar surface area (TPSA) is 94.0 Å². The normalized spacial score (nSPS) is 22.9. The Hall–Kier alpha value is -1.62. The number of pyridine rings is 1. The van der Waals surface area contributed by atoms with Crippen LogP contribution < -0.4 is 16.8 Å². The molecule has 16 heavy (non-hydrogen) atoms. The van der Waals surface area contributed by atoms with E-state index in [9.17, 15) is 4.79 Å². The number of nitrogens with two attached hydrogens (primary N) is 2. The molecular weight excluding hydrogens is 204 g/mol. The van der Waals surface area contributed by atoms with E-state index < -0.39 is 5.91 Å². The average molecular weight is 220 g/mol. The van der Waals surface area contributed by atoms with E-state index in [0.717, 1.165) is 17.7 Å². The van der Waals surface area contributed by atoms with Gasteiger partial charge in [0.05, 0.1) is 5.56 Å². The van der Waals surface area contributed by atoms with Crippen LogP contribution in [0.2, 0.25) is 0 Å². The number of nitrogens with zero attached hydrogens (tertiary/aromatic N) is 1. The maximum absolute atomic E-state index is 11.3. The van der Waals surface area contributed by atoms with Crippen molar-refractivity contribution in [2.24, 2.45) is 11.5 Å². The van der Waals surface area contributed by atoms with Gasteiger partial charge in [0, 0.05) is 17.8 Å². The number of amides is 1. The van der Waals surface area contributed by atoms with Gasteiger partial charge in [-0.05, 0) is 31.9 Å². The van der Waals surface area contributed by atoms with Crippen LogP contribution in [0.4, 0.5) is 5.82 Å². The van der Waals surface area contributed by atoms with E-state index in [1.807, 2.05) is 19.9 Å². The van der Waals surface area contributed by atoms with E-state index in [2.05, 4.69) is 10.3 Å². The molecule has 5 N–H and O–H groups in total. The lowest BCUT2D eigenvalue weighted by Gasteiger charge is -2.11. The summed E-state index contributed by atoms with van der Waals surface area (Å²) in [5, 5.41) is 3.16. The molecule has 2 atom stereocenters. The van der Waals surface area contributed by atoms with E-state index >= 15 is 0 Å². The second-order valence-corrected chi connectivity index (χ2v) is 4.32. The number of anilines is 1. The first-order valence-corrected chi connectivity index (χ1v) is 5.29. The molecule has 1 aliphatic rings. The van der Waals surface area contributed by atoms with Crippen LogP contribution >= 0.6 is 0 Å². The average Bonchev–Trinajstić information content (AvgIpc) is 2.78. The molecule has 5 heteroatoms. The van der Waals surface area contributed by atoms with Gasteiger partial charge in [-0.1, -0.05) is 0 Å². The molecule has 0 spiro atoms. The van der Waals surface area contributed by atoms with Crippen LogP contribution in [0.25, 0.3) is 0 Å². The summed E-state index contributed by atoms with van der Waals surface area (Å²) >= 11 is 0. The van der Waals surface area contributed by atoms with Crippen molar-refractivity contribution in [1.29, 1.82) is 0 Å². The summed E-state index contributed by atoms with van der Waals surface area (Å²) in [5.74, 6) is 0.102. The van der Waals surface area contributed by atoms with Crippen molar-refractivity contribution in [2.45, 2.75) is 32.4 Å². The third-order valence-corrected chi connectivity index (χ3v) is 2.75. The first kappa shape index (κ1) is 10.9. The SMILES string of the molecule is Cc1cc(C)c(C(N)=O)c(NC2CC2N)n1. The summed E-state index contributed by atoms with van der Waals surface area (Å²) in [6, 6.07) is 2.22. The van der Waals surface area contributed by atoms with E-state index in [4.69, 9.17) is 11.5 Å². The minimum absolute atomic E-state index is 0.156. The molecule has 0 bridgehead atoms. The summed E-state index contributed by atoms with van der Waals surface area (Å²) < 4.78 is 0. The fourth-order valence-electron chi connectivity index (χ4n) is 1.81. The Balaban J connectivity index is 2.36. The molecule has 1 aromatic heterocycles. The maximum Gasteiger partial charge on any atom is 0.252 e. The van der Waals surface area contributed by atoms with Crippen molar-refractivity contribution < 1.29 is 4.79 Å². The molecule has 0 aliphatic heterocycles. The fraction of sp³-hybridized carbons (Fsp3) is 0.455. The van der Waals surface area contributed by atoms with Gasteiger partial charge < -0.3 is 16.8 Å². The van der Waals surface area contributed by atoms with Crippen LogP contribution in [0.3, 0.4) is 0 Å². The van der Waals surface area contributed by atoms with Crippen LogP contribution in [-0.2, 0) is 0 Å². The van der Waals surface area contributed by atoms with Gasteiger partial charge in [-0.15, -0.1) is 0 Å². The Morgan fingerprint density at radius 1 is 1.56 bits per heavy atom. The third-order valence-electron chi connectivity index (χ3n) is 2.75. The molecule has 0 aromatic carbocycles. The molecular formula is C11H16N4O. The standard InChI is InChI=1S/C11H16N4O/c1-5-3-6(2)14-11(9(5)10(13)16)15-8-4-7(8)12/h3,7-8H,4,12H2,1-2H3,(H2,13,16)(H,14,15). The van der Waals surface area contributed by atoms with Gasteiger partial charge in [0.25, 0.3) is 5.91 Å². The number of carbonyl (C=O) groups is 1. The predicted octanol–water partition coefficient (Wildman–Crippen LogP) is 0.309. The van der Waals surface area contributed by atoms with Crippen molar-refractivity contribution in [3.63, 3.8) is 0 Å². The summed E-state index contributed by atoms with van der Waals surface area (Å²) in [6.07, 6.45) is 0.910. The van der Waals surface area contributed by atoms with E-state index in [1.165, 1.54) is 0 Å². The Morgan fingerprint density at radius 3 is 2.69 bits per heavy atom. The van der Waals surface area contributed by atoms with Gasteiger partial charge >= 0.3 is 0 Å². The maximum atomic E-state index is 11.3. The van der Waals surface area contributed by atoms with Gasteiger partial charge in [0.2, 0.25) is 0 Å². The number of aryl methyl sites for hydroxylation is 2.